The van der Waals surface area contributed by atoms with Gasteiger partial charge >= 0.3 is 5.97 Å². The molecule has 0 radical (unpaired) electrons. The highest BCUT2D eigenvalue weighted by atomic mass is 35.5. The third kappa shape index (κ3) is 4.40. The molecule has 0 unspecified atom stereocenters. The Morgan fingerprint density at radius 1 is 1.47 bits per heavy atom. The minimum Gasteiger partial charge on any atom is -0.469 e. The highest BCUT2D eigenvalue weighted by Crippen LogP contribution is 2.15. The van der Waals surface area contributed by atoms with Crippen LogP contribution in [0.5, 0.6) is 0 Å². The molecular weight excluding hydrogens is 249 g/mol. The Bertz CT molecular complexity index is 437. The first-order valence-electron chi connectivity index (χ1n) is 4.80. The van der Waals surface area contributed by atoms with E-state index < -0.39 is 17.7 Å². The van der Waals surface area contributed by atoms with Crippen molar-refractivity contribution in [3.8, 4) is 0 Å². The lowest BCUT2D eigenvalue weighted by molar-refractivity contribution is -0.143. The number of benzene rings is 1. The van der Waals surface area contributed by atoms with Crippen molar-refractivity contribution < 1.29 is 18.7 Å². The molecule has 0 fully saturated rings. The van der Waals surface area contributed by atoms with Gasteiger partial charge in [-0.05, 0) is 17.7 Å². The Balaban J connectivity index is 2.47. The Labute approximate surface area is 103 Å². The normalized spacial score (nSPS) is 9.82. The van der Waals surface area contributed by atoms with Crippen molar-refractivity contribution in [3.05, 3.63) is 34.6 Å². The van der Waals surface area contributed by atoms with Crippen molar-refractivity contribution in [1.82, 2.24) is 5.32 Å². The van der Waals surface area contributed by atoms with Crippen LogP contribution in [0.3, 0.4) is 0 Å². The first kappa shape index (κ1) is 13.4. The zero-order valence-electron chi connectivity index (χ0n) is 9.13. The highest BCUT2D eigenvalue weighted by Gasteiger charge is 2.09. The fraction of sp³-hybridized carbons (Fsp3) is 0.273. The van der Waals surface area contributed by atoms with Gasteiger partial charge in [-0.2, -0.15) is 0 Å². The molecule has 0 atom stereocenters. The van der Waals surface area contributed by atoms with E-state index in [2.05, 4.69) is 10.1 Å². The maximum atomic E-state index is 12.8. The summed E-state index contributed by atoms with van der Waals surface area (Å²) in [5, 5.41) is 2.48. The summed E-state index contributed by atoms with van der Waals surface area (Å²) in [7, 11) is 1.20. The predicted molar refractivity (Wildman–Crippen MR) is 59.9 cm³/mol. The molecule has 17 heavy (non-hydrogen) atoms. The van der Waals surface area contributed by atoms with Gasteiger partial charge in [-0.1, -0.05) is 17.7 Å². The van der Waals surface area contributed by atoms with E-state index in [0.717, 1.165) is 0 Å². The summed E-state index contributed by atoms with van der Waals surface area (Å²) in [6.07, 6.45) is -0.342. The van der Waals surface area contributed by atoms with Crippen molar-refractivity contribution in [2.24, 2.45) is 0 Å². The number of carbonyl (C=O) groups excluding carboxylic acids is 2. The maximum Gasteiger partial charge on any atom is 0.315 e. The van der Waals surface area contributed by atoms with Crippen molar-refractivity contribution in [1.29, 1.82) is 0 Å². The summed E-state index contributed by atoms with van der Waals surface area (Å²) in [4.78, 5) is 22.0. The minimum atomic E-state index is -0.611. The quantitative estimate of drug-likeness (QED) is 0.661. The second kappa shape index (κ2) is 6.20. The summed E-state index contributed by atoms with van der Waals surface area (Å²) in [6, 6.07) is 4.12. The third-order valence-corrected chi connectivity index (χ3v) is 2.30. The van der Waals surface area contributed by atoms with E-state index in [1.54, 1.807) is 0 Å². The number of carbonyl (C=O) groups is 2. The van der Waals surface area contributed by atoms with Crippen LogP contribution in [-0.2, 0) is 20.9 Å². The molecule has 1 amide bonds. The maximum absolute atomic E-state index is 12.8. The van der Waals surface area contributed by atoms with E-state index in [1.807, 2.05) is 0 Å². The molecule has 1 N–H and O–H groups in total. The number of esters is 1. The van der Waals surface area contributed by atoms with Gasteiger partial charge in [0.25, 0.3) is 0 Å². The third-order valence-electron chi connectivity index (χ3n) is 2.01. The van der Waals surface area contributed by atoms with Crippen LogP contribution in [0, 0.1) is 5.82 Å². The van der Waals surface area contributed by atoms with E-state index >= 15 is 0 Å². The van der Waals surface area contributed by atoms with Crippen LogP contribution in [-0.4, -0.2) is 19.0 Å². The van der Waals surface area contributed by atoms with Crippen molar-refractivity contribution >= 4 is 23.5 Å². The van der Waals surface area contributed by atoms with Gasteiger partial charge in [0.1, 0.15) is 12.2 Å². The number of hydrogen-bond acceptors (Lipinski definition) is 3. The van der Waals surface area contributed by atoms with Gasteiger partial charge in [-0.25, -0.2) is 4.39 Å². The number of methoxy groups -OCH3 is 1. The van der Waals surface area contributed by atoms with E-state index in [0.29, 0.717) is 5.56 Å². The highest BCUT2D eigenvalue weighted by molar-refractivity contribution is 6.30. The van der Waals surface area contributed by atoms with Gasteiger partial charge in [0.05, 0.1) is 12.1 Å². The van der Waals surface area contributed by atoms with E-state index in [9.17, 15) is 14.0 Å². The summed E-state index contributed by atoms with van der Waals surface area (Å²) >= 11 is 5.57. The van der Waals surface area contributed by atoms with Gasteiger partial charge in [0.15, 0.2) is 0 Å². The van der Waals surface area contributed by atoms with Crippen LogP contribution in [0.4, 0.5) is 4.39 Å². The van der Waals surface area contributed by atoms with Crippen LogP contribution >= 0.6 is 11.6 Å². The molecule has 0 aliphatic carbocycles. The Kier molecular flexibility index (Phi) is 4.90. The first-order valence-corrected chi connectivity index (χ1v) is 5.18. The largest absolute Gasteiger partial charge is 0.469 e. The fourth-order valence-corrected chi connectivity index (χ4v) is 1.32. The van der Waals surface area contributed by atoms with Crippen LogP contribution in [0.2, 0.25) is 5.02 Å². The number of ether oxygens (including phenoxy) is 1. The molecule has 92 valence electrons. The van der Waals surface area contributed by atoms with Gasteiger partial charge in [-0.15, -0.1) is 0 Å². The van der Waals surface area contributed by atoms with Gasteiger partial charge < -0.3 is 10.1 Å². The summed E-state index contributed by atoms with van der Waals surface area (Å²) < 4.78 is 17.2. The number of rotatable bonds is 4. The molecule has 0 aliphatic rings. The van der Waals surface area contributed by atoms with Crippen LogP contribution in [0.25, 0.3) is 0 Å². The van der Waals surface area contributed by atoms with Crippen molar-refractivity contribution in [3.63, 3.8) is 0 Å². The van der Waals surface area contributed by atoms with Crippen LogP contribution in [0.1, 0.15) is 12.0 Å². The molecule has 1 rings (SSSR count). The van der Waals surface area contributed by atoms with E-state index in [4.69, 9.17) is 11.6 Å². The molecule has 0 heterocycles. The lowest BCUT2D eigenvalue weighted by atomic mass is 10.2. The molecule has 6 heteroatoms. The van der Waals surface area contributed by atoms with Crippen LogP contribution in [0.15, 0.2) is 18.2 Å². The van der Waals surface area contributed by atoms with Gasteiger partial charge in [0.2, 0.25) is 5.91 Å². The molecule has 0 saturated heterocycles. The monoisotopic (exact) mass is 259 g/mol. The Morgan fingerprint density at radius 3 is 2.76 bits per heavy atom. The smallest absolute Gasteiger partial charge is 0.315 e. The average molecular weight is 260 g/mol. The number of halogens is 2. The zero-order valence-corrected chi connectivity index (χ0v) is 9.88. The Hall–Kier alpha value is -1.62. The van der Waals surface area contributed by atoms with Crippen molar-refractivity contribution in [2.75, 3.05) is 7.11 Å². The second-order valence-corrected chi connectivity index (χ2v) is 3.69. The predicted octanol–water partition coefficient (Wildman–Crippen LogP) is 1.66. The summed E-state index contributed by atoms with van der Waals surface area (Å²) in [5.41, 5.74) is 0.648. The SMILES string of the molecule is COC(=O)CC(=O)NCc1ccc(F)c(Cl)c1. The van der Waals surface area contributed by atoms with Gasteiger partial charge in [0, 0.05) is 6.54 Å². The van der Waals surface area contributed by atoms with Gasteiger partial charge in [-0.3, -0.25) is 9.59 Å². The van der Waals surface area contributed by atoms with E-state index in [1.165, 1.54) is 25.3 Å². The molecule has 0 bridgehead atoms. The van der Waals surface area contributed by atoms with Crippen LogP contribution < -0.4 is 5.32 Å². The number of nitrogens with one attached hydrogen (secondary N) is 1. The first-order chi connectivity index (χ1) is 8.02. The van der Waals surface area contributed by atoms with Crippen molar-refractivity contribution in [2.45, 2.75) is 13.0 Å². The molecular formula is C11H11ClFNO3. The minimum absolute atomic E-state index is 0.00952. The standard InChI is InChI=1S/C11H11ClFNO3/c1-17-11(16)5-10(15)14-6-7-2-3-9(13)8(12)4-7/h2-4H,5-6H2,1H3,(H,14,15). The number of amides is 1. The summed E-state index contributed by atoms with van der Waals surface area (Å²) in [6.45, 7) is 0.176. The molecule has 1 aromatic carbocycles. The van der Waals surface area contributed by atoms with E-state index in [-0.39, 0.29) is 18.0 Å². The molecule has 0 aliphatic heterocycles. The average Bonchev–Trinajstić information content (AvgIpc) is 2.30. The number of hydrogen-bond donors (Lipinski definition) is 1. The lowest BCUT2D eigenvalue weighted by Crippen LogP contribution is -2.25. The lowest BCUT2D eigenvalue weighted by Gasteiger charge is -2.05. The molecule has 0 aromatic heterocycles. The topological polar surface area (TPSA) is 55.4 Å². The molecule has 0 saturated carbocycles. The summed E-state index contributed by atoms with van der Waals surface area (Å²) in [5.74, 6) is -1.59. The molecule has 1 aromatic rings. The second-order valence-electron chi connectivity index (χ2n) is 3.28. The molecule has 0 spiro atoms. The molecule has 4 nitrogen and oxygen atoms in total. The fourth-order valence-electron chi connectivity index (χ4n) is 1.12. The zero-order chi connectivity index (χ0) is 12.8. The Morgan fingerprint density at radius 2 is 2.18 bits per heavy atom.